The third-order valence-electron chi connectivity index (χ3n) is 2.57. The second-order valence-electron chi connectivity index (χ2n) is 3.96. The summed E-state index contributed by atoms with van der Waals surface area (Å²) in [5, 5.41) is 10.3. The molecule has 0 saturated heterocycles. The van der Waals surface area contributed by atoms with Crippen molar-refractivity contribution in [2.45, 2.75) is 6.92 Å². The molecule has 3 rings (SSSR count). The molecule has 0 aliphatic heterocycles. The maximum absolute atomic E-state index is 12.0. The highest BCUT2D eigenvalue weighted by molar-refractivity contribution is 9.10. The van der Waals surface area contributed by atoms with Gasteiger partial charge in [-0.25, -0.2) is 4.98 Å². The highest BCUT2D eigenvalue weighted by Crippen LogP contribution is 2.25. The number of nitrogens with zero attached hydrogens (tertiary/aromatic N) is 2. The van der Waals surface area contributed by atoms with Crippen LogP contribution in [-0.2, 0) is 0 Å². The number of fused-ring (bicyclic) bond motifs is 1. The monoisotopic (exact) mass is 336 g/mol. The summed E-state index contributed by atoms with van der Waals surface area (Å²) in [4.78, 5) is 16.4. The van der Waals surface area contributed by atoms with Crippen molar-refractivity contribution in [3.8, 4) is 0 Å². The van der Waals surface area contributed by atoms with Gasteiger partial charge in [0, 0.05) is 5.69 Å². The standard InChI is InChI=1S/C12H9BrN4OS/c1-6-15-9-3-2-7(4-10(9)19-6)16-12(18)11-8(13)5-14-17-11/h2-5H,1H3,(H,14,17)(H,16,18). The number of H-pyrrole nitrogens is 1. The second-order valence-corrected chi connectivity index (χ2v) is 6.05. The molecule has 0 aliphatic carbocycles. The van der Waals surface area contributed by atoms with E-state index in [1.54, 1.807) is 17.5 Å². The van der Waals surface area contributed by atoms with Crippen LogP contribution < -0.4 is 5.32 Å². The van der Waals surface area contributed by atoms with E-state index in [0.717, 1.165) is 20.9 Å². The third kappa shape index (κ3) is 2.39. The molecule has 7 heteroatoms. The Morgan fingerprint density at radius 1 is 1.47 bits per heavy atom. The van der Waals surface area contributed by atoms with E-state index in [2.05, 4.69) is 36.4 Å². The van der Waals surface area contributed by atoms with Gasteiger partial charge in [-0.1, -0.05) is 0 Å². The average molecular weight is 337 g/mol. The first kappa shape index (κ1) is 12.3. The summed E-state index contributed by atoms with van der Waals surface area (Å²) in [7, 11) is 0. The molecular formula is C12H9BrN4OS. The Bertz CT molecular complexity index is 764. The van der Waals surface area contributed by atoms with Gasteiger partial charge in [0.1, 0.15) is 5.69 Å². The summed E-state index contributed by atoms with van der Waals surface area (Å²) >= 11 is 4.86. The van der Waals surface area contributed by atoms with Crippen molar-refractivity contribution in [3.63, 3.8) is 0 Å². The summed E-state index contributed by atoms with van der Waals surface area (Å²) in [6.07, 6.45) is 1.55. The Kier molecular flexibility index (Phi) is 3.08. The molecule has 0 bridgehead atoms. The Morgan fingerprint density at radius 3 is 3.05 bits per heavy atom. The van der Waals surface area contributed by atoms with Crippen LogP contribution in [0.4, 0.5) is 5.69 Å². The molecule has 0 atom stereocenters. The molecule has 0 fully saturated rings. The van der Waals surface area contributed by atoms with Crippen molar-refractivity contribution in [3.05, 3.63) is 39.6 Å². The van der Waals surface area contributed by atoms with Crippen molar-refractivity contribution in [1.29, 1.82) is 0 Å². The molecule has 96 valence electrons. The van der Waals surface area contributed by atoms with Crippen molar-refractivity contribution < 1.29 is 4.79 Å². The fourth-order valence-electron chi connectivity index (χ4n) is 1.74. The minimum atomic E-state index is -0.232. The first-order chi connectivity index (χ1) is 9.13. The second kappa shape index (κ2) is 4.75. The van der Waals surface area contributed by atoms with E-state index in [9.17, 15) is 4.79 Å². The molecule has 19 heavy (non-hydrogen) atoms. The summed E-state index contributed by atoms with van der Waals surface area (Å²) < 4.78 is 1.69. The number of aryl methyl sites for hydroxylation is 1. The van der Waals surface area contributed by atoms with E-state index in [4.69, 9.17) is 0 Å². The molecule has 0 saturated carbocycles. The number of amides is 1. The summed E-state index contributed by atoms with van der Waals surface area (Å²) in [6.45, 7) is 1.96. The maximum atomic E-state index is 12.0. The molecule has 0 aliphatic rings. The Morgan fingerprint density at radius 2 is 2.32 bits per heavy atom. The minimum absolute atomic E-state index is 0.232. The maximum Gasteiger partial charge on any atom is 0.274 e. The number of benzene rings is 1. The lowest BCUT2D eigenvalue weighted by Gasteiger charge is -2.03. The molecule has 0 unspecified atom stereocenters. The number of aromatic amines is 1. The van der Waals surface area contributed by atoms with Gasteiger partial charge >= 0.3 is 0 Å². The highest BCUT2D eigenvalue weighted by Gasteiger charge is 2.12. The van der Waals surface area contributed by atoms with E-state index < -0.39 is 0 Å². The number of aromatic nitrogens is 3. The van der Waals surface area contributed by atoms with Crippen molar-refractivity contribution in [2.24, 2.45) is 0 Å². The number of nitrogens with one attached hydrogen (secondary N) is 2. The van der Waals surface area contributed by atoms with Crippen LogP contribution in [0, 0.1) is 6.92 Å². The Balaban J connectivity index is 1.89. The smallest absolute Gasteiger partial charge is 0.274 e. The summed E-state index contributed by atoms with van der Waals surface area (Å²) in [5.74, 6) is -0.232. The number of thiazole rings is 1. The molecular weight excluding hydrogens is 328 g/mol. The molecule has 0 spiro atoms. The van der Waals surface area contributed by atoms with Crippen LogP contribution in [0.3, 0.4) is 0 Å². The zero-order valence-electron chi connectivity index (χ0n) is 9.90. The average Bonchev–Trinajstić information content (AvgIpc) is 2.93. The van der Waals surface area contributed by atoms with Gasteiger partial charge in [0.25, 0.3) is 5.91 Å². The molecule has 2 N–H and O–H groups in total. The van der Waals surface area contributed by atoms with Gasteiger partial charge in [-0.05, 0) is 41.1 Å². The van der Waals surface area contributed by atoms with Crippen LogP contribution in [0.1, 0.15) is 15.5 Å². The minimum Gasteiger partial charge on any atom is -0.321 e. The molecule has 1 aromatic carbocycles. The number of hydrogen-bond donors (Lipinski definition) is 2. The lowest BCUT2D eigenvalue weighted by molar-refractivity contribution is 0.102. The van der Waals surface area contributed by atoms with Crippen LogP contribution in [0.25, 0.3) is 10.2 Å². The zero-order chi connectivity index (χ0) is 13.4. The normalized spacial score (nSPS) is 10.8. The lowest BCUT2D eigenvalue weighted by atomic mass is 10.3. The molecule has 5 nitrogen and oxygen atoms in total. The Labute approximate surface area is 121 Å². The largest absolute Gasteiger partial charge is 0.321 e. The Hall–Kier alpha value is -1.73. The molecule has 2 aromatic heterocycles. The van der Waals surface area contributed by atoms with E-state index >= 15 is 0 Å². The van der Waals surface area contributed by atoms with Gasteiger partial charge in [-0.2, -0.15) is 5.10 Å². The van der Waals surface area contributed by atoms with E-state index in [1.165, 1.54) is 0 Å². The van der Waals surface area contributed by atoms with Gasteiger partial charge in [-0.15, -0.1) is 11.3 Å². The predicted octanol–water partition coefficient (Wildman–Crippen LogP) is 3.34. The van der Waals surface area contributed by atoms with Gasteiger partial charge in [0.15, 0.2) is 0 Å². The zero-order valence-corrected chi connectivity index (χ0v) is 12.3. The van der Waals surface area contributed by atoms with Crippen LogP contribution in [0.5, 0.6) is 0 Å². The fourth-order valence-corrected chi connectivity index (χ4v) is 2.98. The van der Waals surface area contributed by atoms with Crippen LogP contribution in [0.15, 0.2) is 28.9 Å². The topological polar surface area (TPSA) is 70.7 Å². The third-order valence-corrected chi connectivity index (χ3v) is 4.11. The number of rotatable bonds is 2. The molecule has 1 amide bonds. The fraction of sp³-hybridized carbons (Fsp3) is 0.0833. The molecule has 2 heterocycles. The number of anilines is 1. The van der Waals surface area contributed by atoms with Crippen LogP contribution in [0.2, 0.25) is 0 Å². The first-order valence-electron chi connectivity index (χ1n) is 5.51. The lowest BCUT2D eigenvalue weighted by Crippen LogP contribution is -2.12. The van der Waals surface area contributed by atoms with Gasteiger partial charge in [0.05, 0.1) is 25.9 Å². The first-order valence-corrected chi connectivity index (χ1v) is 7.12. The summed E-state index contributed by atoms with van der Waals surface area (Å²) in [6, 6.07) is 5.66. The van der Waals surface area contributed by atoms with Crippen molar-refractivity contribution in [2.75, 3.05) is 5.32 Å². The molecule has 0 radical (unpaired) electrons. The number of carbonyl (C=O) groups excluding carboxylic acids is 1. The number of halogens is 1. The van der Waals surface area contributed by atoms with Crippen LogP contribution >= 0.6 is 27.3 Å². The van der Waals surface area contributed by atoms with Crippen LogP contribution in [-0.4, -0.2) is 21.1 Å². The van der Waals surface area contributed by atoms with E-state index in [0.29, 0.717) is 10.2 Å². The number of hydrogen-bond acceptors (Lipinski definition) is 4. The van der Waals surface area contributed by atoms with E-state index in [-0.39, 0.29) is 5.91 Å². The van der Waals surface area contributed by atoms with E-state index in [1.807, 2.05) is 25.1 Å². The number of carbonyl (C=O) groups is 1. The summed E-state index contributed by atoms with van der Waals surface area (Å²) in [5.41, 5.74) is 2.09. The van der Waals surface area contributed by atoms with Gasteiger partial charge in [0.2, 0.25) is 0 Å². The van der Waals surface area contributed by atoms with Crippen molar-refractivity contribution in [1.82, 2.24) is 15.2 Å². The van der Waals surface area contributed by atoms with Gasteiger partial charge in [-0.3, -0.25) is 9.89 Å². The quantitative estimate of drug-likeness (QED) is 0.753. The predicted molar refractivity (Wildman–Crippen MR) is 78.6 cm³/mol. The highest BCUT2D eigenvalue weighted by atomic mass is 79.9. The van der Waals surface area contributed by atoms with Gasteiger partial charge < -0.3 is 5.32 Å². The van der Waals surface area contributed by atoms with Crippen molar-refractivity contribution >= 4 is 49.1 Å². The SMILES string of the molecule is Cc1nc2ccc(NC(=O)c3[nH]ncc3Br)cc2s1. The molecule has 3 aromatic rings.